The van der Waals surface area contributed by atoms with Gasteiger partial charge in [-0.3, -0.25) is 0 Å². The summed E-state index contributed by atoms with van der Waals surface area (Å²) in [6, 6.07) is 12.4. The van der Waals surface area contributed by atoms with Crippen LogP contribution in [0, 0.1) is 5.82 Å². The summed E-state index contributed by atoms with van der Waals surface area (Å²) in [7, 11) is 1.61. The molecule has 0 saturated carbocycles. The van der Waals surface area contributed by atoms with E-state index in [2.05, 4.69) is 21.2 Å². The number of benzene rings is 2. The zero-order chi connectivity index (χ0) is 13.0. The minimum absolute atomic E-state index is 0.202. The van der Waals surface area contributed by atoms with Crippen LogP contribution < -0.4 is 10.1 Å². The molecule has 2 aromatic rings. The average molecular weight is 310 g/mol. The molecule has 2 nitrogen and oxygen atoms in total. The number of hydrogen-bond acceptors (Lipinski definition) is 2. The van der Waals surface area contributed by atoms with Crippen molar-refractivity contribution in [1.82, 2.24) is 0 Å². The molecular weight excluding hydrogens is 297 g/mol. The maximum absolute atomic E-state index is 13.4. The van der Waals surface area contributed by atoms with Crippen molar-refractivity contribution in [1.29, 1.82) is 0 Å². The highest BCUT2D eigenvalue weighted by atomic mass is 79.9. The maximum atomic E-state index is 13.4. The van der Waals surface area contributed by atoms with Crippen molar-refractivity contribution < 1.29 is 9.13 Å². The van der Waals surface area contributed by atoms with Crippen molar-refractivity contribution in [3.05, 3.63) is 58.3 Å². The Balaban J connectivity index is 2.11. The van der Waals surface area contributed by atoms with Crippen molar-refractivity contribution in [3.8, 4) is 5.75 Å². The Morgan fingerprint density at radius 1 is 1.22 bits per heavy atom. The minimum atomic E-state index is -0.202. The molecule has 0 bridgehead atoms. The fraction of sp³-hybridized carbons (Fsp3) is 0.143. The molecule has 0 aliphatic carbocycles. The second kappa shape index (κ2) is 5.87. The predicted octanol–water partition coefficient (Wildman–Crippen LogP) is 4.21. The van der Waals surface area contributed by atoms with Crippen LogP contribution in [0.25, 0.3) is 0 Å². The molecule has 0 spiro atoms. The van der Waals surface area contributed by atoms with Gasteiger partial charge in [0.05, 0.1) is 7.11 Å². The molecule has 0 aromatic heterocycles. The molecule has 94 valence electrons. The van der Waals surface area contributed by atoms with Crippen LogP contribution in [-0.2, 0) is 6.54 Å². The Hall–Kier alpha value is -1.55. The molecule has 4 heteroatoms. The summed E-state index contributed by atoms with van der Waals surface area (Å²) in [5, 5.41) is 3.17. The number of methoxy groups -OCH3 is 1. The van der Waals surface area contributed by atoms with Gasteiger partial charge in [-0.25, -0.2) is 4.39 Å². The van der Waals surface area contributed by atoms with E-state index in [1.807, 2.05) is 24.3 Å². The highest BCUT2D eigenvalue weighted by Crippen LogP contribution is 2.25. The second-order valence-corrected chi connectivity index (χ2v) is 4.74. The quantitative estimate of drug-likeness (QED) is 0.913. The smallest absolute Gasteiger partial charge is 0.128 e. The Bertz CT molecular complexity index is 545. The Kier molecular flexibility index (Phi) is 4.20. The summed E-state index contributed by atoms with van der Waals surface area (Å²) in [5.74, 6) is 0.548. The van der Waals surface area contributed by atoms with Gasteiger partial charge in [0.25, 0.3) is 0 Å². The van der Waals surface area contributed by atoms with Gasteiger partial charge in [-0.1, -0.05) is 34.1 Å². The van der Waals surface area contributed by atoms with Crippen LogP contribution in [0.15, 0.2) is 46.9 Å². The molecule has 2 aromatic carbocycles. The lowest BCUT2D eigenvalue weighted by atomic mass is 10.2. The molecule has 0 saturated heterocycles. The Morgan fingerprint density at radius 2 is 2.00 bits per heavy atom. The Labute approximate surface area is 114 Å². The van der Waals surface area contributed by atoms with Crippen molar-refractivity contribution in [2.45, 2.75) is 6.54 Å². The van der Waals surface area contributed by atoms with Crippen molar-refractivity contribution in [3.63, 3.8) is 0 Å². The third-order valence-corrected chi connectivity index (χ3v) is 3.01. The first-order valence-corrected chi connectivity index (χ1v) is 6.30. The summed E-state index contributed by atoms with van der Waals surface area (Å²) < 4.78 is 19.5. The lowest BCUT2D eigenvalue weighted by molar-refractivity contribution is 0.414. The molecule has 1 N–H and O–H groups in total. The first kappa shape index (κ1) is 12.9. The SMILES string of the molecule is COc1cc(Br)cc(NCc2ccccc2F)c1. The van der Waals surface area contributed by atoms with Crippen LogP contribution in [0.2, 0.25) is 0 Å². The molecule has 0 unspecified atom stereocenters. The van der Waals surface area contributed by atoms with Gasteiger partial charge in [-0.05, 0) is 18.2 Å². The van der Waals surface area contributed by atoms with Crippen molar-refractivity contribution >= 4 is 21.6 Å². The second-order valence-electron chi connectivity index (χ2n) is 3.82. The standard InChI is InChI=1S/C14H13BrFNO/c1-18-13-7-11(15)6-12(8-13)17-9-10-4-2-3-5-14(10)16/h2-8,17H,9H2,1H3. The van der Waals surface area contributed by atoms with Crippen LogP contribution in [0.3, 0.4) is 0 Å². The zero-order valence-corrected chi connectivity index (χ0v) is 11.5. The van der Waals surface area contributed by atoms with Crippen LogP contribution in [0.5, 0.6) is 5.75 Å². The number of nitrogens with one attached hydrogen (secondary N) is 1. The lowest BCUT2D eigenvalue weighted by Crippen LogP contribution is -2.01. The van der Waals surface area contributed by atoms with Crippen LogP contribution in [0.1, 0.15) is 5.56 Å². The fourth-order valence-electron chi connectivity index (χ4n) is 1.62. The zero-order valence-electron chi connectivity index (χ0n) is 9.91. The first-order chi connectivity index (χ1) is 8.69. The fourth-order valence-corrected chi connectivity index (χ4v) is 2.09. The van der Waals surface area contributed by atoms with Crippen LogP contribution >= 0.6 is 15.9 Å². The molecule has 0 aliphatic rings. The molecule has 0 aliphatic heterocycles. The van der Waals surface area contributed by atoms with E-state index in [9.17, 15) is 4.39 Å². The van der Waals surface area contributed by atoms with E-state index in [1.165, 1.54) is 6.07 Å². The highest BCUT2D eigenvalue weighted by Gasteiger charge is 2.02. The van der Waals surface area contributed by atoms with Gasteiger partial charge in [0.2, 0.25) is 0 Å². The van der Waals surface area contributed by atoms with E-state index in [1.54, 1.807) is 19.2 Å². The number of ether oxygens (including phenoxy) is 1. The molecule has 0 radical (unpaired) electrons. The van der Waals surface area contributed by atoms with Crippen molar-refractivity contribution in [2.75, 3.05) is 12.4 Å². The topological polar surface area (TPSA) is 21.3 Å². The van der Waals surface area contributed by atoms with E-state index in [0.29, 0.717) is 12.1 Å². The summed E-state index contributed by atoms with van der Waals surface area (Å²) in [5.41, 5.74) is 1.51. The van der Waals surface area contributed by atoms with Gasteiger partial charge < -0.3 is 10.1 Å². The minimum Gasteiger partial charge on any atom is -0.497 e. The lowest BCUT2D eigenvalue weighted by Gasteiger charge is -2.09. The third-order valence-electron chi connectivity index (χ3n) is 2.55. The highest BCUT2D eigenvalue weighted by molar-refractivity contribution is 9.10. The third kappa shape index (κ3) is 3.23. The molecule has 0 atom stereocenters. The molecule has 2 rings (SSSR count). The monoisotopic (exact) mass is 309 g/mol. The van der Waals surface area contributed by atoms with Crippen molar-refractivity contribution in [2.24, 2.45) is 0 Å². The molecule has 0 heterocycles. The number of hydrogen-bond donors (Lipinski definition) is 1. The van der Waals surface area contributed by atoms with Gasteiger partial charge in [0.15, 0.2) is 0 Å². The molecular formula is C14H13BrFNO. The summed E-state index contributed by atoms with van der Waals surface area (Å²) in [6.45, 7) is 0.437. The van der Waals surface area contributed by atoms with Gasteiger partial charge in [0.1, 0.15) is 11.6 Å². The summed E-state index contributed by atoms with van der Waals surface area (Å²) >= 11 is 3.40. The first-order valence-electron chi connectivity index (χ1n) is 5.51. The molecule has 0 amide bonds. The average Bonchev–Trinajstić information content (AvgIpc) is 2.37. The van der Waals surface area contributed by atoms with Gasteiger partial charge in [-0.15, -0.1) is 0 Å². The van der Waals surface area contributed by atoms with E-state index in [4.69, 9.17) is 4.74 Å². The summed E-state index contributed by atoms with van der Waals surface area (Å²) in [6.07, 6.45) is 0. The van der Waals surface area contributed by atoms with E-state index < -0.39 is 0 Å². The predicted molar refractivity (Wildman–Crippen MR) is 74.4 cm³/mol. The van der Waals surface area contributed by atoms with E-state index >= 15 is 0 Å². The van der Waals surface area contributed by atoms with E-state index in [-0.39, 0.29) is 5.82 Å². The van der Waals surface area contributed by atoms with Gasteiger partial charge in [-0.2, -0.15) is 0 Å². The molecule has 0 fully saturated rings. The maximum Gasteiger partial charge on any atom is 0.128 e. The number of rotatable bonds is 4. The van der Waals surface area contributed by atoms with Gasteiger partial charge >= 0.3 is 0 Å². The van der Waals surface area contributed by atoms with Crippen LogP contribution in [-0.4, -0.2) is 7.11 Å². The number of anilines is 1. The number of halogens is 2. The van der Waals surface area contributed by atoms with Crippen LogP contribution in [0.4, 0.5) is 10.1 Å². The van der Waals surface area contributed by atoms with Gasteiger partial charge in [0, 0.05) is 28.3 Å². The summed E-state index contributed by atoms with van der Waals surface area (Å²) in [4.78, 5) is 0. The van der Waals surface area contributed by atoms with E-state index in [0.717, 1.165) is 15.9 Å². The molecule has 18 heavy (non-hydrogen) atoms. The largest absolute Gasteiger partial charge is 0.497 e. The normalized spacial score (nSPS) is 10.2. The Morgan fingerprint density at radius 3 is 2.72 bits per heavy atom.